The van der Waals surface area contributed by atoms with E-state index in [0.29, 0.717) is 0 Å². The predicted octanol–water partition coefficient (Wildman–Crippen LogP) is 4.08. The zero-order valence-electron chi connectivity index (χ0n) is 13.2. The van der Waals surface area contributed by atoms with Crippen LogP contribution in [0, 0.1) is 5.41 Å². The molecule has 21 heavy (non-hydrogen) atoms. The number of nitrogens with zero attached hydrogens (tertiary/aromatic N) is 1. The Labute approximate surface area is 128 Å². The zero-order valence-corrected chi connectivity index (χ0v) is 13.2. The summed E-state index contributed by atoms with van der Waals surface area (Å²) in [7, 11) is 1.46. The van der Waals surface area contributed by atoms with E-state index in [1.54, 1.807) is 18.4 Å². The van der Waals surface area contributed by atoms with Crippen molar-refractivity contribution in [3.05, 3.63) is 35.8 Å². The molecule has 0 aromatic heterocycles. The van der Waals surface area contributed by atoms with Crippen molar-refractivity contribution in [3.8, 4) is 0 Å². The summed E-state index contributed by atoms with van der Waals surface area (Å²) >= 11 is 0. The number of carbonyl (C=O) groups excluding carboxylic acids is 1. The van der Waals surface area contributed by atoms with Crippen LogP contribution in [-0.4, -0.2) is 28.7 Å². The lowest BCUT2D eigenvalue weighted by Crippen LogP contribution is -2.41. The summed E-state index contributed by atoms with van der Waals surface area (Å²) in [5.41, 5.74) is 0.433. The van der Waals surface area contributed by atoms with Gasteiger partial charge in [0.15, 0.2) is 5.76 Å². The van der Waals surface area contributed by atoms with Crippen molar-refractivity contribution in [2.45, 2.75) is 54.0 Å². The number of hydrogen-bond donors (Lipinski definition) is 1. The van der Waals surface area contributed by atoms with Gasteiger partial charge in [0.2, 0.25) is 5.78 Å². The fourth-order valence-corrected chi connectivity index (χ4v) is 2.46. The Morgan fingerprint density at radius 2 is 1.81 bits per heavy atom. The van der Waals surface area contributed by atoms with Crippen LogP contribution in [0.1, 0.15) is 48.5 Å². The van der Waals surface area contributed by atoms with Crippen molar-refractivity contribution in [2.24, 2.45) is 5.41 Å². The molecular weight excluding hydrogens is 266 g/mol. The molecule has 120 valence electrons. The van der Waals surface area contributed by atoms with Crippen molar-refractivity contribution in [3.63, 3.8) is 0 Å². The Hall–Kier alpha value is -1.55. The van der Waals surface area contributed by atoms with E-state index in [1.807, 2.05) is 13.8 Å². The van der Waals surface area contributed by atoms with Gasteiger partial charge in [0.25, 0.3) is 0 Å². The number of methoxy groups -OCH3 is 1. The van der Waals surface area contributed by atoms with E-state index in [9.17, 15) is 10.0 Å². The summed E-state index contributed by atoms with van der Waals surface area (Å²) < 4.78 is 5.00. The minimum Gasteiger partial charge on any atom is -0.493 e. The van der Waals surface area contributed by atoms with Gasteiger partial charge in [-0.25, -0.2) is 0 Å². The lowest BCUT2D eigenvalue weighted by Gasteiger charge is -2.38. The molecule has 0 amide bonds. The second-order valence-corrected chi connectivity index (χ2v) is 6.93. The Bertz CT molecular complexity index is 465. The number of rotatable bonds is 4. The molecule has 0 heterocycles. The molecule has 1 rings (SSSR count). The topological polar surface area (TPSA) is 49.8 Å². The van der Waals surface area contributed by atoms with Crippen molar-refractivity contribution >= 4 is 5.78 Å². The average Bonchev–Trinajstić information content (AvgIpc) is 2.28. The number of hydrogen-bond acceptors (Lipinski definition) is 4. The molecule has 0 fully saturated rings. The minimum absolute atomic E-state index is 0. The van der Waals surface area contributed by atoms with Gasteiger partial charge >= 0.3 is 0 Å². The molecule has 0 saturated carbocycles. The standard InChI is InChI=1S/C16H25NO3.CH4/c1-15(2,3)11-16(4,5)17(19)10-12-7-8-13(18)14(9-12)20-6;/h7-10,19H,11H2,1-6H3;1H4. The average molecular weight is 295 g/mol. The first-order chi connectivity index (χ1) is 9.05. The van der Waals surface area contributed by atoms with Crippen molar-refractivity contribution < 1.29 is 14.7 Å². The van der Waals surface area contributed by atoms with E-state index in [2.05, 4.69) is 20.8 Å². The molecule has 0 bridgehead atoms. The monoisotopic (exact) mass is 295 g/mol. The molecule has 4 heteroatoms. The SMILES string of the molecule is C.COC1=CC(=CN(O)C(C)(C)CC(C)(C)C)C=CC1=O. The molecule has 0 aromatic carbocycles. The number of ketones is 1. The molecule has 1 aliphatic rings. The maximum Gasteiger partial charge on any atom is 0.220 e. The summed E-state index contributed by atoms with van der Waals surface area (Å²) in [6, 6.07) is 0. The Morgan fingerprint density at radius 3 is 2.29 bits per heavy atom. The first-order valence-electron chi connectivity index (χ1n) is 6.73. The van der Waals surface area contributed by atoms with Gasteiger partial charge < -0.3 is 4.74 Å². The number of allylic oxidation sites excluding steroid dienone is 4. The van der Waals surface area contributed by atoms with Crippen LogP contribution in [0.2, 0.25) is 0 Å². The van der Waals surface area contributed by atoms with E-state index in [-0.39, 0.29) is 24.4 Å². The molecule has 1 aliphatic carbocycles. The molecule has 4 nitrogen and oxygen atoms in total. The highest BCUT2D eigenvalue weighted by atomic mass is 16.5. The first-order valence-corrected chi connectivity index (χ1v) is 6.73. The maximum atomic E-state index is 11.5. The number of ether oxygens (including phenoxy) is 1. The van der Waals surface area contributed by atoms with Crippen LogP contribution < -0.4 is 0 Å². The third-order valence-electron chi connectivity index (χ3n) is 3.04. The Morgan fingerprint density at radius 1 is 1.24 bits per heavy atom. The van der Waals surface area contributed by atoms with Crippen LogP contribution >= 0.6 is 0 Å². The van der Waals surface area contributed by atoms with E-state index in [4.69, 9.17) is 4.74 Å². The molecule has 0 atom stereocenters. The quantitative estimate of drug-likeness (QED) is 0.794. The second kappa shape index (κ2) is 6.94. The van der Waals surface area contributed by atoms with Crippen molar-refractivity contribution in [1.29, 1.82) is 0 Å². The van der Waals surface area contributed by atoms with Crippen LogP contribution in [0.25, 0.3) is 0 Å². The van der Waals surface area contributed by atoms with E-state index in [0.717, 1.165) is 12.0 Å². The normalized spacial score (nSPS) is 17.4. The smallest absolute Gasteiger partial charge is 0.220 e. The predicted molar refractivity (Wildman–Crippen MR) is 85.8 cm³/mol. The van der Waals surface area contributed by atoms with Gasteiger partial charge in [0.1, 0.15) is 0 Å². The van der Waals surface area contributed by atoms with Crippen molar-refractivity contribution in [2.75, 3.05) is 7.11 Å². The van der Waals surface area contributed by atoms with Crippen LogP contribution in [0.3, 0.4) is 0 Å². The summed E-state index contributed by atoms with van der Waals surface area (Å²) in [6.45, 7) is 10.4. The van der Waals surface area contributed by atoms with Crippen LogP contribution in [0.4, 0.5) is 0 Å². The Balaban J connectivity index is 0.00000400. The van der Waals surface area contributed by atoms with E-state index < -0.39 is 5.54 Å². The molecule has 0 unspecified atom stereocenters. The van der Waals surface area contributed by atoms with Gasteiger partial charge in [0, 0.05) is 6.20 Å². The fraction of sp³-hybridized carbons (Fsp3) is 0.588. The van der Waals surface area contributed by atoms with Crippen LogP contribution in [-0.2, 0) is 9.53 Å². The highest BCUT2D eigenvalue weighted by Gasteiger charge is 2.29. The van der Waals surface area contributed by atoms with Gasteiger partial charge in [-0.2, -0.15) is 0 Å². The number of carbonyl (C=O) groups is 1. The van der Waals surface area contributed by atoms with Gasteiger partial charge in [-0.05, 0) is 49.5 Å². The third kappa shape index (κ3) is 5.76. The van der Waals surface area contributed by atoms with E-state index >= 15 is 0 Å². The summed E-state index contributed by atoms with van der Waals surface area (Å²) in [6.07, 6.45) is 7.17. The fourth-order valence-electron chi connectivity index (χ4n) is 2.46. The molecule has 0 spiro atoms. The second-order valence-electron chi connectivity index (χ2n) is 6.93. The zero-order chi connectivity index (χ0) is 15.6. The molecule has 0 aromatic rings. The molecular formula is C17H29NO3. The first kappa shape index (κ1) is 19.4. The summed E-state index contributed by atoms with van der Waals surface area (Å²) in [5, 5.41) is 11.5. The van der Waals surface area contributed by atoms with Gasteiger partial charge in [0.05, 0.1) is 12.6 Å². The largest absolute Gasteiger partial charge is 0.493 e. The van der Waals surface area contributed by atoms with E-state index in [1.165, 1.54) is 18.2 Å². The lowest BCUT2D eigenvalue weighted by atomic mass is 9.81. The summed E-state index contributed by atoms with van der Waals surface area (Å²) in [4.78, 5) is 11.5. The maximum absolute atomic E-state index is 11.5. The van der Waals surface area contributed by atoms with Gasteiger partial charge in [-0.3, -0.25) is 15.1 Å². The van der Waals surface area contributed by atoms with Crippen LogP contribution in [0.15, 0.2) is 35.8 Å². The third-order valence-corrected chi connectivity index (χ3v) is 3.04. The minimum atomic E-state index is -0.401. The molecule has 1 N–H and O–H groups in total. The highest BCUT2D eigenvalue weighted by molar-refractivity contribution is 6.04. The van der Waals surface area contributed by atoms with Crippen LogP contribution in [0.5, 0.6) is 0 Å². The Kier molecular flexibility index (Phi) is 6.43. The number of hydroxylamine groups is 2. The highest BCUT2D eigenvalue weighted by Crippen LogP contribution is 2.31. The lowest BCUT2D eigenvalue weighted by molar-refractivity contribution is -0.129. The molecule has 0 aliphatic heterocycles. The van der Waals surface area contributed by atoms with Crippen molar-refractivity contribution in [1.82, 2.24) is 5.06 Å². The molecule has 0 radical (unpaired) electrons. The molecule has 0 saturated heterocycles. The van der Waals surface area contributed by atoms with Gasteiger partial charge in [-0.1, -0.05) is 28.2 Å². The summed E-state index contributed by atoms with van der Waals surface area (Å²) in [5.74, 6) is 0.115. The van der Waals surface area contributed by atoms with Gasteiger partial charge in [-0.15, -0.1) is 0 Å².